The number of rotatable bonds is 2. The molecule has 33 heavy (non-hydrogen) atoms. The number of hydrogen-bond donors (Lipinski definition) is 2. The van der Waals surface area contributed by atoms with Gasteiger partial charge in [-0.3, -0.25) is 4.79 Å². The van der Waals surface area contributed by atoms with Gasteiger partial charge in [-0.25, -0.2) is 4.79 Å². The molecule has 0 aliphatic carbocycles. The van der Waals surface area contributed by atoms with Gasteiger partial charge in [0.25, 0.3) is 5.56 Å². The molecule has 0 spiro atoms. The second kappa shape index (κ2) is 7.20. The van der Waals surface area contributed by atoms with E-state index in [9.17, 15) is 14.7 Å². The molecule has 3 heterocycles. The molecule has 1 aliphatic rings. The number of para-hydroxylation sites is 1. The average Bonchev–Trinajstić information content (AvgIpc) is 2.82. The molecule has 0 bridgehead atoms. The Morgan fingerprint density at radius 2 is 1.70 bits per heavy atom. The summed E-state index contributed by atoms with van der Waals surface area (Å²) in [7, 11) is 0. The van der Waals surface area contributed by atoms with Crippen molar-refractivity contribution < 1.29 is 14.3 Å². The van der Waals surface area contributed by atoms with Gasteiger partial charge < -0.3 is 19.2 Å². The minimum Gasteiger partial charge on any atom is -0.508 e. The predicted octanol–water partition coefficient (Wildman–Crippen LogP) is 4.53. The van der Waals surface area contributed by atoms with Gasteiger partial charge in [0.2, 0.25) is 5.88 Å². The fraction of sp³-hybridized carbons (Fsp3) is 0.0385. The van der Waals surface area contributed by atoms with Gasteiger partial charge in [0.15, 0.2) is 5.82 Å². The van der Waals surface area contributed by atoms with Gasteiger partial charge in [-0.2, -0.15) is 4.98 Å². The number of benzene rings is 3. The third-order valence-corrected chi connectivity index (χ3v) is 5.75. The molecule has 3 aromatic carbocycles. The zero-order chi connectivity index (χ0) is 22.5. The zero-order valence-electron chi connectivity index (χ0n) is 17.1. The number of H-pyrrole nitrogens is 1. The summed E-state index contributed by atoms with van der Waals surface area (Å²) in [6, 6.07) is 23.0. The van der Waals surface area contributed by atoms with Gasteiger partial charge in [0, 0.05) is 22.9 Å². The first kappa shape index (κ1) is 19.1. The lowest BCUT2D eigenvalue weighted by molar-refractivity contribution is 0.421. The topological polar surface area (TPSA) is 105 Å². The molecule has 1 atom stereocenters. The lowest BCUT2D eigenvalue weighted by atomic mass is 9.84. The van der Waals surface area contributed by atoms with Gasteiger partial charge in [-0.05, 0) is 23.8 Å². The van der Waals surface area contributed by atoms with Crippen molar-refractivity contribution >= 4 is 11.0 Å². The minimum atomic E-state index is -0.620. The third-order valence-electron chi connectivity index (χ3n) is 5.75. The fourth-order valence-corrected chi connectivity index (χ4v) is 4.25. The Morgan fingerprint density at radius 1 is 0.909 bits per heavy atom. The number of aromatic amines is 1. The van der Waals surface area contributed by atoms with Crippen LogP contribution in [0.4, 0.5) is 0 Å². The highest BCUT2D eigenvalue weighted by Gasteiger charge is 2.33. The standard InChI is InChI=1S/C26H16N2O5/c29-16-10-11-17-20(13-16)32-25-22(21(17)14-6-2-1-3-7-14)24(30)27-23(28-25)18-12-15-8-4-5-9-19(15)33-26(18)31/h1-13,21,29H,(H,27,28,30). The van der Waals surface area contributed by atoms with Crippen molar-refractivity contribution in [1.82, 2.24) is 9.97 Å². The van der Waals surface area contributed by atoms with Crippen LogP contribution in [0, 0.1) is 0 Å². The first-order valence-corrected chi connectivity index (χ1v) is 10.3. The lowest BCUT2D eigenvalue weighted by Gasteiger charge is -2.27. The Hall–Kier alpha value is -4.65. The van der Waals surface area contributed by atoms with Crippen molar-refractivity contribution in [3.63, 3.8) is 0 Å². The average molecular weight is 436 g/mol. The number of aromatic nitrogens is 2. The summed E-state index contributed by atoms with van der Waals surface area (Å²) in [5.74, 6) is 0.0981. The SMILES string of the molecule is O=c1[nH]c(-c2cc3ccccc3oc2=O)nc2c1C(c1ccccc1)c1ccc(O)cc1O2. The summed E-state index contributed by atoms with van der Waals surface area (Å²) >= 11 is 0. The molecule has 5 aromatic rings. The Kier molecular flexibility index (Phi) is 4.16. The first-order chi connectivity index (χ1) is 16.1. The normalized spacial score (nSPS) is 14.4. The summed E-state index contributed by atoms with van der Waals surface area (Å²) in [4.78, 5) is 33.2. The summed E-state index contributed by atoms with van der Waals surface area (Å²) in [6.45, 7) is 0. The zero-order valence-corrected chi connectivity index (χ0v) is 17.1. The maximum atomic E-state index is 13.3. The largest absolute Gasteiger partial charge is 0.508 e. The van der Waals surface area contributed by atoms with E-state index in [0.717, 1.165) is 11.1 Å². The van der Waals surface area contributed by atoms with E-state index in [1.807, 2.05) is 36.4 Å². The Balaban J connectivity index is 1.59. The highest BCUT2D eigenvalue weighted by molar-refractivity contribution is 5.80. The van der Waals surface area contributed by atoms with E-state index in [1.54, 1.807) is 36.4 Å². The number of nitrogens with zero attached hydrogens (tertiary/aromatic N) is 1. The Morgan fingerprint density at radius 3 is 2.55 bits per heavy atom. The number of phenols is 1. The van der Waals surface area contributed by atoms with E-state index < -0.39 is 17.1 Å². The van der Waals surface area contributed by atoms with Crippen LogP contribution in [0.25, 0.3) is 22.4 Å². The molecule has 1 unspecified atom stereocenters. The molecular formula is C26H16N2O5. The lowest BCUT2D eigenvalue weighted by Crippen LogP contribution is -2.25. The Bertz CT molecular complexity index is 1650. The van der Waals surface area contributed by atoms with Crippen LogP contribution >= 0.6 is 0 Å². The van der Waals surface area contributed by atoms with Gasteiger partial charge >= 0.3 is 5.63 Å². The molecule has 0 saturated carbocycles. The van der Waals surface area contributed by atoms with Crippen molar-refractivity contribution in [2.24, 2.45) is 0 Å². The molecule has 2 aromatic heterocycles. The Labute approximate surface area is 186 Å². The molecule has 2 N–H and O–H groups in total. The van der Waals surface area contributed by atoms with Crippen molar-refractivity contribution in [1.29, 1.82) is 0 Å². The first-order valence-electron chi connectivity index (χ1n) is 10.3. The van der Waals surface area contributed by atoms with Crippen LogP contribution in [0.1, 0.15) is 22.6 Å². The fourth-order valence-electron chi connectivity index (χ4n) is 4.25. The molecule has 7 heteroatoms. The van der Waals surface area contributed by atoms with E-state index in [2.05, 4.69) is 9.97 Å². The summed E-state index contributed by atoms with van der Waals surface area (Å²) in [5, 5.41) is 10.7. The molecule has 6 rings (SSSR count). The second-order valence-electron chi connectivity index (χ2n) is 7.79. The molecule has 0 radical (unpaired) electrons. The van der Waals surface area contributed by atoms with Crippen molar-refractivity contribution in [3.8, 4) is 28.8 Å². The van der Waals surface area contributed by atoms with E-state index in [1.165, 1.54) is 6.07 Å². The van der Waals surface area contributed by atoms with Crippen molar-refractivity contribution in [2.75, 3.05) is 0 Å². The highest BCUT2D eigenvalue weighted by atomic mass is 16.5. The summed E-state index contributed by atoms with van der Waals surface area (Å²) in [5.41, 5.74) is 1.45. The number of hydrogen-bond acceptors (Lipinski definition) is 6. The van der Waals surface area contributed by atoms with Crippen LogP contribution in [-0.4, -0.2) is 15.1 Å². The molecule has 0 saturated heterocycles. The highest BCUT2D eigenvalue weighted by Crippen LogP contribution is 2.46. The number of ether oxygens (including phenoxy) is 1. The smallest absolute Gasteiger partial charge is 0.347 e. The van der Waals surface area contributed by atoms with Crippen LogP contribution in [0.3, 0.4) is 0 Å². The maximum absolute atomic E-state index is 13.3. The third kappa shape index (κ3) is 3.10. The monoisotopic (exact) mass is 436 g/mol. The second-order valence-corrected chi connectivity index (χ2v) is 7.79. The molecule has 1 aliphatic heterocycles. The van der Waals surface area contributed by atoms with E-state index in [0.29, 0.717) is 22.3 Å². The van der Waals surface area contributed by atoms with Gasteiger partial charge in [-0.15, -0.1) is 0 Å². The molecule has 0 amide bonds. The minimum absolute atomic E-state index is 0.0317. The number of phenolic OH excluding ortho intramolecular Hbond substituents is 1. The van der Waals surface area contributed by atoms with Gasteiger partial charge in [-0.1, -0.05) is 54.6 Å². The van der Waals surface area contributed by atoms with Crippen molar-refractivity contribution in [2.45, 2.75) is 5.92 Å². The van der Waals surface area contributed by atoms with Crippen molar-refractivity contribution in [3.05, 3.63) is 116 Å². The quantitative estimate of drug-likeness (QED) is 0.386. The summed E-state index contributed by atoms with van der Waals surface area (Å²) < 4.78 is 11.4. The number of fused-ring (bicyclic) bond motifs is 3. The maximum Gasteiger partial charge on any atom is 0.347 e. The molecule has 160 valence electrons. The van der Waals surface area contributed by atoms with E-state index >= 15 is 0 Å². The number of aromatic hydroxyl groups is 1. The molecule has 7 nitrogen and oxygen atoms in total. The molecule has 0 fully saturated rings. The van der Waals surface area contributed by atoms with Gasteiger partial charge in [0.1, 0.15) is 22.6 Å². The van der Waals surface area contributed by atoms with Gasteiger partial charge in [0.05, 0.1) is 5.56 Å². The van der Waals surface area contributed by atoms with Crippen LogP contribution in [0.5, 0.6) is 17.4 Å². The summed E-state index contributed by atoms with van der Waals surface area (Å²) in [6.07, 6.45) is 0. The number of nitrogens with one attached hydrogen (secondary N) is 1. The van der Waals surface area contributed by atoms with E-state index in [-0.39, 0.29) is 23.0 Å². The van der Waals surface area contributed by atoms with Crippen LogP contribution < -0.4 is 15.9 Å². The van der Waals surface area contributed by atoms with Crippen LogP contribution in [-0.2, 0) is 0 Å². The molecular weight excluding hydrogens is 420 g/mol. The van der Waals surface area contributed by atoms with E-state index in [4.69, 9.17) is 9.15 Å². The van der Waals surface area contributed by atoms with Crippen LogP contribution in [0.2, 0.25) is 0 Å². The predicted molar refractivity (Wildman–Crippen MR) is 122 cm³/mol. The van der Waals surface area contributed by atoms with Crippen LogP contribution in [0.15, 0.2) is 92.9 Å².